The summed E-state index contributed by atoms with van der Waals surface area (Å²) in [5.74, 6) is 0.0475. The molecule has 3 heteroatoms. The molecule has 20 heavy (non-hydrogen) atoms. The minimum absolute atomic E-state index is 0.0475. The first kappa shape index (κ1) is 14.9. The predicted molar refractivity (Wildman–Crippen MR) is 84.4 cm³/mol. The van der Waals surface area contributed by atoms with Crippen LogP contribution >= 0.6 is 0 Å². The highest BCUT2D eigenvalue weighted by Crippen LogP contribution is 2.20. The summed E-state index contributed by atoms with van der Waals surface area (Å²) in [7, 11) is 0. The van der Waals surface area contributed by atoms with Crippen LogP contribution in [0.5, 0.6) is 0 Å². The van der Waals surface area contributed by atoms with Crippen molar-refractivity contribution < 1.29 is 4.79 Å². The van der Waals surface area contributed by atoms with E-state index in [1.165, 1.54) is 37.8 Å². The van der Waals surface area contributed by atoms with Crippen molar-refractivity contribution in [1.82, 2.24) is 5.32 Å². The van der Waals surface area contributed by atoms with E-state index in [9.17, 15) is 4.79 Å². The van der Waals surface area contributed by atoms with Crippen LogP contribution < -0.4 is 10.2 Å². The molecule has 1 saturated heterocycles. The average molecular weight is 274 g/mol. The van der Waals surface area contributed by atoms with E-state index in [2.05, 4.69) is 29.3 Å². The molecule has 1 fully saturated rings. The summed E-state index contributed by atoms with van der Waals surface area (Å²) in [4.78, 5) is 14.4. The molecule has 0 radical (unpaired) electrons. The lowest BCUT2D eigenvalue weighted by molar-refractivity contribution is 0.0953. The number of hydrogen-bond donors (Lipinski definition) is 1. The van der Waals surface area contributed by atoms with Gasteiger partial charge in [0, 0.05) is 30.9 Å². The second-order valence-electron chi connectivity index (χ2n) is 5.56. The van der Waals surface area contributed by atoms with Crippen molar-refractivity contribution in [2.24, 2.45) is 0 Å². The zero-order chi connectivity index (χ0) is 14.2. The molecule has 0 aliphatic carbocycles. The Balaban J connectivity index is 1.85. The Bertz CT molecular complexity index is 408. The highest BCUT2D eigenvalue weighted by molar-refractivity contribution is 5.94. The molecule has 0 bridgehead atoms. The number of rotatable bonds is 6. The minimum Gasteiger partial charge on any atom is -0.372 e. The van der Waals surface area contributed by atoms with Crippen molar-refractivity contribution in [1.29, 1.82) is 0 Å². The van der Waals surface area contributed by atoms with Gasteiger partial charge in [-0.2, -0.15) is 0 Å². The van der Waals surface area contributed by atoms with Gasteiger partial charge in [-0.1, -0.05) is 19.8 Å². The summed E-state index contributed by atoms with van der Waals surface area (Å²) in [5, 5.41) is 2.98. The normalized spacial score (nSPS) is 15.2. The van der Waals surface area contributed by atoms with Crippen LogP contribution in [0.2, 0.25) is 0 Å². The number of anilines is 1. The van der Waals surface area contributed by atoms with E-state index in [0.717, 1.165) is 31.6 Å². The lowest BCUT2D eigenvalue weighted by atomic mass is 10.1. The van der Waals surface area contributed by atoms with Gasteiger partial charge in [-0.05, 0) is 49.9 Å². The van der Waals surface area contributed by atoms with Crippen LogP contribution in [0.15, 0.2) is 24.3 Å². The molecule has 0 atom stereocenters. The van der Waals surface area contributed by atoms with Crippen molar-refractivity contribution in [3.63, 3.8) is 0 Å². The highest BCUT2D eigenvalue weighted by atomic mass is 16.1. The number of nitrogens with zero attached hydrogens (tertiary/aromatic N) is 1. The molecule has 0 saturated carbocycles. The summed E-state index contributed by atoms with van der Waals surface area (Å²) in [6.45, 7) is 5.23. The third-order valence-corrected chi connectivity index (χ3v) is 3.92. The molecule has 1 aliphatic heterocycles. The van der Waals surface area contributed by atoms with Crippen molar-refractivity contribution in [2.45, 2.75) is 45.4 Å². The number of piperidine rings is 1. The Morgan fingerprint density at radius 2 is 1.80 bits per heavy atom. The Morgan fingerprint density at radius 3 is 2.45 bits per heavy atom. The van der Waals surface area contributed by atoms with Crippen LogP contribution in [0, 0.1) is 0 Å². The fraction of sp³-hybridized carbons (Fsp3) is 0.588. The van der Waals surface area contributed by atoms with Crippen molar-refractivity contribution in [3.05, 3.63) is 29.8 Å². The van der Waals surface area contributed by atoms with Gasteiger partial charge in [-0.15, -0.1) is 0 Å². The fourth-order valence-corrected chi connectivity index (χ4v) is 2.65. The maximum atomic E-state index is 12.0. The molecule has 1 N–H and O–H groups in total. The Morgan fingerprint density at radius 1 is 1.10 bits per heavy atom. The Hall–Kier alpha value is -1.51. The van der Waals surface area contributed by atoms with Crippen LogP contribution in [-0.4, -0.2) is 25.5 Å². The van der Waals surface area contributed by atoms with Crippen LogP contribution in [0.4, 0.5) is 5.69 Å². The van der Waals surface area contributed by atoms with Gasteiger partial charge in [0.05, 0.1) is 0 Å². The molecular formula is C17H26N2O. The van der Waals surface area contributed by atoms with Gasteiger partial charge in [0.1, 0.15) is 0 Å². The summed E-state index contributed by atoms with van der Waals surface area (Å²) in [6.07, 6.45) is 7.32. The zero-order valence-corrected chi connectivity index (χ0v) is 12.5. The van der Waals surface area contributed by atoms with Gasteiger partial charge in [0.25, 0.3) is 5.91 Å². The van der Waals surface area contributed by atoms with Crippen molar-refractivity contribution in [2.75, 3.05) is 24.5 Å². The molecule has 1 aromatic rings. The maximum absolute atomic E-state index is 12.0. The summed E-state index contributed by atoms with van der Waals surface area (Å²) in [6, 6.07) is 8.04. The second-order valence-corrected chi connectivity index (χ2v) is 5.56. The number of unbranched alkanes of at least 4 members (excludes halogenated alkanes) is 2. The predicted octanol–water partition coefficient (Wildman–Crippen LogP) is 3.60. The molecule has 2 rings (SSSR count). The van der Waals surface area contributed by atoms with E-state index >= 15 is 0 Å². The number of nitrogens with one attached hydrogen (secondary N) is 1. The lowest BCUT2D eigenvalue weighted by Crippen LogP contribution is -2.29. The van der Waals surface area contributed by atoms with Gasteiger partial charge in [0.2, 0.25) is 0 Å². The molecule has 1 aliphatic rings. The van der Waals surface area contributed by atoms with Gasteiger partial charge >= 0.3 is 0 Å². The molecule has 1 amide bonds. The summed E-state index contributed by atoms with van der Waals surface area (Å²) >= 11 is 0. The molecular weight excluding hydrogens is 248 g/mol. The van der Waals surface area contributed by atoms with Gasteiger partial charge in [-0.25, -0.2) is 0 Å². The minimum atomic E-state index is 0.0475. The molecule has 1 aromatic carbocycles. The number of hydrogen-bond acceptors (Lipinski definition) is 2. The van der Waals surface area contributed by atoms with Crippen LogP contribution in [-0.2, 0) is 0 Å². The van der Waals surface area contributed by atoms with E-state index in [4.69, 9.17) is 0 Å². The molecule has 1 heterocycles. The third-order valence-electron chi connectivity index (χ3n) is 3.92. The Labute approximate surface area is 122 Å². The van der Waals surface area contributed by atoms with E-state index in [1.54, 1.807) is 0 Å². The van der Waals surface area contributed by atoms with Crippen molar-refractivity contribution >= 4 is 11.6 Å². The van der Waals surface area contributed by atoms with Crippen LogP contribution in [0.3, 0.4) is 0 Å². The first-order chi connectivity index (χ1) is 9.81. The molecule has 0 unspecified atom stereocenters. The third kappa shape index (κ3) is 4.26. The average Bonchev–Trinajstić information content (AvgIpc) is 2.52. The monoisotopic (exact) mass is 274 g/mol. The quantitative estimate of drug-likeness (QED) is 0.804. The largest absolute Gasteiger partial charge is 0.372 e. The number of benzene rings is 1. The second kappa shape index (κ2) is 7.93. The van der Waals surface area contributed by atoms with Gasteiger partial charge < -0.3 is 10.2 Å². The van der Waals surface area contributed by atoms with E-state index < -0.39 is 0 Å². The highest BCUT2D eigenvalue weighted by Gasteiger charge is 2.11. The zero-order valence-electron chi connectivity index (χ0n) is 12.5. The first-order valence-electron chi connectivity index (χ1n) is 7.94. The molecule has 0 aromatic heterocycles. The topological polar surface area (TPSA) is 32.3 Å². The fourth-order valence-electron chi connectivity index (χ4n) is 2.65. The number of carbonyl (C=O) groups is 1. The number of carbonyl (C=O) groups excluding carboxylic acids is 1. The molecule has 0 spiro atoms. The lowest BCUT2D eigenvalue weighted by Gasteiger charge is -2.28. The number of amides is 1. The SMILES string of the molecule is CCCCCNC(=O)c1ccc(N2CCCCC2)cc1. The Kier molecular flexibility index (Phi) is 5.90. The molecule has 110 valence electrons. The van der Waals surface area contributed by atoms with Crippen molar-refractivity contribution in [3.8, 4) is 0 Å². The maximum Gasteiger partial charge on any atom is 0.251 e. The van der Waals surface area contributed by atoms with E-state index in [0.29, 0.717) is 0 Å². The molecule has 3 nitrogen and oxygen atoms in total. The van der Waals surface area contributed by atoms with E-state index in [-0.39, 0.29) is 5.91 Å². The van der Waals surface area contributed by atoms with Gasteiger partial charge in [0.15, 0.2) is 0 Å². The van der Waals surface area contributed by atoms with Gasteiger partial charge in [-0.3, -0.25) is 4.79 Å². The first-order valence-corrected chi connectivity index (χ1v) is 7.94. The van der Waals surface area contributed by atoms with Crippen LogP contribution in [0.25, 0.3) is 0 Å². The van der Waals surface area contributed by atoms with Crippen LogP contribution in [0.1, 0.15) is 55.8 Å². The van der Waals surface area contributed by atoms with E-state index in [1.807, 2.05) is 12.1 Å². The smallest absolute Gasteiger partial charge is 0.251 e. The summed E-state index contributed by atoms with van der Waals surface area (Å²) in [5.41, 5.74) is 2.01. The standard InChI is InChI=1S/C17H26N2O/c1-2-3-5-12-18-17(20)15-8-10-16(11-9-15)19-13-6-4-7-14-19/h8-11H,2-7,12-14H2,1H3,(H,18,20). The summed E-state index contributed by atoms with van der Waals surface area (Å²) < 4.78 is 0.